The third-order valence-corrected chi connectivity index (χ3v) is 5.35. The van der Waals surface area contributed by atoms with Crippen LogP contribution in [0.5, 0.6) is 5.75 Å². The van der Waals surface area contributed by atoms with E-state index >= 15 is 0 Å². The van der Waals surface area contributed by atoms with Gasteiger partial charge in [-0.3, -0.25) is 4.79 Å². The van der Waals surface area contributed by atoms with Crippen LogP contribution in [-0.4, -0.2) is 25.5 Å². The van der Waals surface area contributed by atoms with Crippen molar-refractivity contribution in [1.29, 1.82) is 0 Å². The lowest BCUT2D eigenvalue weighted by Gasteiger charge is -2.39. The van der Waals surface area contributed by atoms with Gasteiger partial charge in [-0.15, -0.1) is 0 Å². The number of hydrogen-bond donors (Lipinski definition) is 1. The molecule has 3 rings (SSSR count). The Balaban J connectivity index is 2.18. The van der Waals surface area contributed by atoms with Crippen LogP contribution in [0, 0.1) is 5.41 Å². The zero-order chi connectivity index (χ0) is 20.5. The molecular formula is C23H29NO4. The summed E-state index contributed by atoms with van der Waals surface area (Å²) in [4.78, 5) is 26.2. The molecule has 0 bridgehead atoms. The van der Waals surface area contributed by atoms with Crippen molar-refractivity contribution >= 4 is 11.8 Å². The Hall–Kier alpha value is -2.56. The van der Waals surface area contributed by atoms with Gasteiger partial charge in [-0.2, -0.15) is 0 Å². The third kappa shape index (κ3) is 3.71. The van der Waals surface area contributed by atoms with Gasteiger partial charge in [0.05, 0.1) is 25.2 Å². The van der Waals surface area contributed by atoms with Crippen LogP contribution in [0.15, 0.2) is 46.8 Å². The molecule has 0 aromatic heterocycles. The van der Waals surface area contributed by atoms with Crippen LogP contribution in [0.3, 0.4) is 0 Å². The summed E-state index contributed by atoms with van der Waals surface area (Å²) in [5, 5.41) is 3.35. The quantitative estimate of drug-likeness (QED) is 0.770. The first-order valence-corrected chi connectivity index (χ1v) is 9.83. The van der Waals surface area contributed by atoms with Crippen LogP contribution in [-0.2, 0) is 14.3 Å². The fourth-order valence-electron chi connectivity index (χ4n) is 4.20. The molecule has 5 heteroatoms. The molecule has 1 atom stereocenters. The number of dihydropyridines is 1. The molecule has 0 unspecified atom stereocenters. The number of carbonyl (C=O) groups is 2. The summed E-state index contributed by atoms with van der Waals surface area (Å²) in [7, 11) is 1.60. The predicted molar refractivity (Wildman–Crippen MR) is 108 cm³/mol. The average molecular weight is 383 g/mol. The van der Waals surface area contributed by atoms with E-state index in [-0.39, 0.29) is 17.2 Å². The fraction of sp³-hybridized carbons (Fsp3) is 0.478. The largest absolute Gasteiger partial charge is 0.496 e. The highest BCUT2D eigenvalue weighted by atomic mass is 16.5. The molecule has 0 spiro atoms. The number of hydrogen-bond acceptors (Lipinski definition) is 5. The van der Waals surface area contributed by atoms with Gasteiger partial charge >= 0.3 is 5.97 Å². The summed E-state index contributed by atoms with van der Waals surface area (Å²) < 4.78 is 11.0. The molecule has 2 aliphatic rings. The number of methoxy groups -OCH3 is 1. The second kappa shape index (κ2) is 7.82. The van der Waals surface area contributed by atoms with E-state index in [1.54, 1.807) is 7.11 Å². The van der Waals surface area contributed by atoms with Crippen LogP contribution < -0.4 is 10.1 Å². The first-order chi connectivity index (χ1) is 13.3. The minimum atomic E-state index is -0.486. The number of benzene rings is 1. The van der Waals surface area contributed by atoms with Gasteiger partial charge < -0.3 is 14.8 Å². The molecule has 1 aliphatic heterocycles. The van der Waals surface area contributed by atoms with E-state index in [1.807, 2.05) is 38.1 Å². The third-order valence-electron chi connectivity index (χ3n) is 5.35. The lowest BCUT2D eigenvalue weighted by Crippen LogP contribution is -2.38. The highest BCUT2D eigenvalue weighted by Crippen LogP contribution is 2.48. The van der Waals surface area contributed by atoms with Crippen LogP contribution in [0.4, 0.5) is 0 Å². The molecule has 1 aromatic carbocycles. The Morgan fingerprint density at radius 3 is 2.64 bits per heavy atom. The molecule has 0 fully saturated rings. The van der Waals surface area contributed by atoms with Crippen molar-refractivity contribution in [3.05, 3.63) is 52.4 Å². The van der Waals surface area contributed by atoms with Crippen molar-refractivity contribution in [2.75, 3.05) is 13.7 Å². The topological polar surface area (TPSA) is 64.6 Å². The van der Waals surface area contributed by atoms with Crippen molar-refractivity contribution in [2.45, 2.75) is 52.9 Å². The molecule has 0 radical (unpaired) electrons. The number of nitrogens with one attached hydrogen (secondary N) is 1. The standard InChI is InChI=1S/C23H29NO4/c1-6-11-28-22(26)19-14(2)24-16-12-23(3,4)13-17(25)21(16)20(19)15-9-7-8-10-18(15)27-5/h7-10,20,24H,6,11-13H2,1-5H3/t20-/m0/s1. The monoisotopic (exact) mass is 383 g/mol. The van der Waals surface area contributed by atoms with Gasteiger partial charge in [0, 0.05) is 29.0 Å². The normalized spacial score (nSPS) is 21.2. The fourth-order valence-corrected chi connectivity index (χ4v) is 4.20. The maximum atomic E-state index is 13.2. The number of carbonyl (C=O) groups excluding carboxylic acids is 2. The molecule has 1 heterocycles. The Morgan fingerprint density at radius 1 is 1.25 bits per heavy atom. The first-order valence-electron chi connectivity index (χ1n) is 9.83. The highest BCUT2D eigenvalue weighted by Gasteiger charge is 2.43. The SMILES string of the molecule is CCCOC(=O)C1=C(C)NC2=C(C(=O)CC(C)(C)C2)[C@H]1c1ccccc1OC. The summed E-state index contributed by atoms with van der Waals surface area (Å²) in [6, 6.07) is 7.57. The van der Waals surface area contributed by atoms with Crippen molar-refractivity contribution < 1.29 is 19.1 Å². The highest BCUT2D eigenvalue weighted by molar-refractivity contribution is 6.04. The molecule has 5 nitrogen and oxygen atoms in total. The molecule has 1 N–H and O–H groups in total. The number of rotatable bonds is 5. The molecule has 0 saturated carbocycles. The summed E-state index contributed by atoms with van der Waals surface area (Å²) in [5.41, 5.74) is 3.50. The Labute approximate surface area is 166 Å². The number of esters is 1. The van der Waals surface area contributed by atoms with Crippen molar-refractivity contribution in [1.82, 2.24) is 5.32 Å². The molecule has 1 aliphatic carbocycles. The zero-order valence-corrected chi connectivity index (χ0v) is 17.3. The van der Waals surface area contributed by atoms with Gasteiger partial charge in [-0.1, -0.05) is 39.0 Å². The molecular weight excluding hydrogens is 354 g/mol. The molecule has 0 amide bonds. The minimum Gasteiger partial charge on any atom is -0.496 e. The van der Waals surface area contributed by atoms with Gasteiger partial charge in [-0.25, -0.2) is 4.79 Å². The van der Waals surface area contributed by atoms with E-state index in [0.29, 0.717) is 29.9 Å². The number of Topliss-reactive ketones (excluding diaryl/α,β-unsaturated/α-hetero) is 1. The number of para-hydroxylation sites is 1. The van der Waals surface area contributed by atoms with Gasteiger partial charge in [-0.05, 0) is 31.2 Å². The lowest BCUT2D eigenvalue weighted by atomic mass is 9.68. The molecule has 1 aromatic rings. The van der Waals surface area contributed by atoms with E-state index in [9.17, 15) is 9.59 Å². The van der Waals surface area contributed by atoms with Gasteiger partial charge in [0.25, 0.3) is 0 Å². The van der Waals surface area contributed by atoms with Gasteiger partial charge in [0.2, 0.25) is 0 Å². The van der Waals surface area contributed by atoms with Crippen LogP contribution >= 0.6 is 0 Å². The van der Waals surface area contributed by atoms with E-state index < -0.39 is 5.92 Å². The number of ketones is 1. The van der Waals surface area contributed by atoms with Gasteiger partial charge in [0.1, 0.15) is 5.75 Å². The molecule has 0 saturated heterocycles. The van der Waals surface area contributed by atoms with Crippen molar-refractivity contribution in [3.8, 4) is 5.75 Å². The average Bonchev–Trinajstić information content (AvgIpc) is 2.63. The predicted octanol–water partition coefficient (Wildman–Crippen LogP) is 4.25. The number of ether oxygens (including phenoxy) is 2. The summed E-state index contributed by atoms with van der Waals surface area (Å²) in [5.74, 6) is -0.136. The maximum absolute atomic E-state index is 13.2. The first kappa shape index (κ1) is 20.2. The van der Waals surface area contributed by atoms with E-state index in [2.05, 4.69) is 19.2 Å². The zero-order valence-electron chi connectivity index (χ0n) is 17.3. The number of allylic oxidation sites excluding steroid dienone is 3. The van der Waals surface area contributed by atoms with E-state index in [0.717, 1.165) is 29.8 Å². The molecule has 28 heavy (non-hydrogen) atoms. The lowest BCUT2D eigenvalue weighted by molar-refractivity contribution is -0.139. The Kier molecular flexibility index (Phi) is 5.64. The van der Waals surface area contributed by atoms with Gasteiger partial charge in [0.15, 0.2) is 5.78 Å². The van der Waals surface area contributed by atoms with Crippen molar-refractivity contribution in [3.63, 3.8) is 0 Å². The van der Waals surface area contributed by atoms with Crippen LogP contribution in [0.1, 0.15) is 58.4 Å². The Morgan fingerprint density at radius 2 is 1.96 bits per heavy atom. The maximum Gasteiger partial charge on any atom is 0.336 e. The Bertz CT molecular complexity index is 863. The van der Waals surface area contributed by atoms with Crippen LogP contribution in [0.25, 0.3) is 0 Å². The summed E-state index contributed by atoms with van der Waals surface area (Å²) in [6.45, 7) is 8.37. The van der Waals surface area contributed by atoms with E-state index in [1.165, 1.54) is 0 Å². The second-order valence-electron chi connectivity index (χ2n) is 8.31. The molecule has 150 valence electrons. The summed E-state index contributed by atoms with van der Waals surface area (Å²) >= 11 is 0. The van der Waals surface area contributed by atoms with Crippen LogP contribution in [0.2, 0.25) is 0 Å². The minimum absolute atomic E-state index is 0.0722. The summed E-state index contributed by atoms with van der Waals surface area (Å²) in [6.07, 6.45) is 1.95. The smallest absolute Gasteiger partial charge is 0.336 e. The van der Waals surface area contributed by atoms with Crippen molar-refractivity contribution in [2.24, 2.45) is 5.41 Å². The second-order valence-corrected chi connectivity index (χ2v) is 8.31. The van der Waals surface area contributed by atoms with E-state index in [4.69, 9.17) is 9.47 Å².